The van der Waals surface area contributed by atoms with Crippen molar-refractivity contribution >= 4 is 22.5 Å². The van der Waals surface area contributed by atoms with Crippen LogP contribution in [0.25, 0.3) is 10.9 Å². The molecule has 2 rings (SSSR count). The first-order valence-electron chi connectivity index (χ1n) is 6.73. The molecule has 5 nitrogen and oxygen atoms in total. The van der Waals surface area contributed by atoms with E-state index in [1.807, 2.05) is 24.3 Å². The molecule has 20 heavy (non-hydrogen) atoms. The highest BCUT2D eigenvalue weighted by molar-refractivity contribution is 5.99. The number of hydrogen-bond acceptors (Lipinski definition) is 4. The lowest BCUT2D eigenvalue weighted by atomic mass is 10.1. The zero-order valence-electron chi connectivity index (χ0n) is 12.1. The zero-order chi connectivity index (χ0) is 14.5. The average Bonchev–Trinajstić information content (AvgIpc) is 2.43. The fraction of sp³-hybridized carbons (Fsp3) is 0.333. The van der Waals surface area contributed by atoms with Gasteiger partial charge in [-0.25, -0.2) is 9.99 Å². The molecule has 0 saturated carbocycles. The van der Waals surface area contributed by atoms with Gasteiger partial charge in [0.15, 0.2) is 0 Å². The third-order valence-corrected chi connectivity index (χ3v) is 2.84. The lowest BCUT2D eigenvalue weighted by molar-refractivity contribution is 0.0852. The van der Waals surface area contributed by atoms with Gasteiger partial charge in [0.25, 0.3) is 5.91 Å². The van der Waals surface area contributed by atoms with Crippen LogP contribution in [-0.4, -0.2) is 36.5 Å². The molecule has 1 aromatic heterocycles. The number of fused-ring (bicyclic) bond motifs is 1. The Morgan fingerprint density at radius 3 is 2.75 bits per heavy atom. The molecule has 106 valence electrons. The van der Waals surface area contributed by atoms with Crippen LogP contribution in [0.2, 0.25) is 0 Å². The molecule has 1 heterocycles. The van der Waals surface area contributed by atoms with E-state index >= 15 is 0 Å². The Bertz CT molecular complexity index is 610. The van der Waals surface area contributed by atoms with Gasteiger partial charge in [-0.2, -0.15) is 0 Å². The van der Waals surface area contributed by atoms with Crippen LogP contribution >= 0.6 is 0 Å². The van der Waals surface area contributed by atoms with Crippen molar-refractivity contribution < 1.29 is 4.79 Å². The summed E-state index contributed by atoms with van der Waals surface area (Å²) < 4.78 is 0. The average molecular weight is 272 g/mol. The van der Waals surface area contributed by atoms with Gasteiger partial charge in [0.05, 0.1) is 5.52 Å². The monoisotopic (exact) mass is 272 g/mol. The maximum Gasteiger partial charge on any atom is 0.284 e. The fourth-order valence-electron chi connectivity index (χ4n) is 1.96. The van der Waals surface area contributed by atoms with Crippen LogP contribution < -0.4 is 10.7 Å². The summed E-state index contributed by atoms with van der Waals surface area (Å²) in [5.74, 6) is -0.208. The zero-order valence-corrected chi connectivity index (χ0v) is 12.1. The van der Waals surface area contributed by atoms with Crippen molar-refractivity contribution in [3.63, 3.8) is 0 Å². The molecule has 5 heteroatoms. The highest BCUT2D eigenvalue weighted by atomic mass is 16.2. The normalized spacial score (nSPS) is 10.8. The van der Waals surface area contributed by atoms with Gasteiger partial charge < -0.3 is 5.32 Å². The molecule has 0 bridgehead atoms. The number of rotatable bonds is 5. The third kappa shape index (κ3) is 3.24. The summed E-state index contributed by atoms with van der Waals surface area (Å²) in [6.07, 6.45) is 1.02. The van der Waals surface area contributed by atoms with Crippen molar-refractivity contribution in [2.75, 3.05) is 26.0 Å². The van der Waals surface area contributed by atoms with E-state index in [0.717, 1.165) is 29.6 Å². The Balaban J connectivity index is 2.43. The molecule has 2 N–H and O–H groups in total. The molecule has 0 aliphatic carbocycles. The molecule has 0 aliphatic heterocycles. The molecule has 1 amide bonds. The van der Waals surface area contributed by atoms with E-state index in [-0.39, 0.29) is 5.91 Å². The van der Waals surface area contributed by atoms with E-state index in [1.165, 1.54) is 0 Å². The minimum Gasteiger partial charge on any atom is -0.384 e. The lowest BCUT2D eigenvalue weighted by Crippen LogP contribution is -2.36. The molecule has 0 unspecified atom stereocenters. The van der Waals surface area contributed by atoms with Crippen LogP contribution in [0, 0.1) is 0 Å². The van der Waals surface area contributed by atoms with Gasteiger partial charge in [0.2, 0.25) is 0 Å². The van der Waals surface area contributed by atoms with Crippen LogP contribution in [0.4, 0.5) is 5.69 Å². The van der Waals surface area contributed by atoms with Crippen molar-refractivity contribution in [2.24, 2.45) is 0 Å². The van der Waals surface area contributed by atoms with Gasteiger partial charge in [-0.1, -0.05) is 25.1 Å². The largest absolute Gasteiger partial charge is 0.384 e. The quantitative estimate of drug-likeness (QED) is 0.820. The predicted molar refractivity (Wildman–Crippen MR) is 81.7 cm³/mol. The Hall–Kier alpha value is -2.14. The summed E-state index contributed by atoms with van der Waals surface area (Å²) in [6.45, 7) is 2.97. The summed E-state index contributed by atoms with van der Waals surface area (Å²) in [6, 6.07) is 9.62. The molecule has 2 aromatic rings. The Morgan fingerprint density at radius 2 is 2.05 bits per heavy atom. The molecule has 0 spiro atoms. The summed E-state index contributed by atoms with van der Waals surface area (Å²) in [4.78, 5) is 16.5. The first-order chi connectivity index (χ1) is 9.61. The molecule has 1 aromatic carbocycles. The highest BCUT2D eigenvalue weighted by Crippen LogP contribution is 2.23. The summed E-state index contributed by atoms with van der Waals surface area (Å²) in [5.41, 5.74) is 4.89. The van der Waals surface area contributed by atoms with Crippen molar-refractivity contribution in [1.82, 2.24) is 15.4 Å². The van der Waals surface area contributed by atoms with Crippen LogP contribution in [0.15, 0.2) is 30.3 Å². The van der Waals surface area contributed by atoms with Gasteiger partial charge in [-0.3, -0.25) is 10.2 Å². The van der Waals surface area contributed by atoms with E-state index in [0.29, 0.717) is 5.69 Å². The number of amides is 1. The number of hydrogen-bond donors (Lipinski definition) is 2. The summed E-state index contributed by atoms with van der Waals surface area (Å²) in [5, 5.41) is 5.99. The highest BCUT2D eigenvalue weighted by Gasteiger charge is 2.12. The number of nitrogens with one attached hydrogen (secondary N) is 2. The number of nitrogens with zero attached hydrogens (tertiary/aromatic N) is 2. The van der Waals surface area contributed by atoms with Crippen molar-refractivity contribution in [2.45, 2.75) is 13.3 Å². The number of hydrazine groups is 1. The van der Waals surface area contributed by atoms with Crippen molar-refractivity contribution in [3.05, 3.63) is 36.0 Å². The first-order valence-corrected chi connectivity index (χ1v) is 6.73. The first kappa shape index (κ1) is 14.3. The lowest BCUT2D eigenvalue weighted by Gasteiger charge is -2.14. The smallest absolute Gasteiger partial charge is 0.284 e. The van der Waals surface area contributed by atoms with E-state index in [4.69, 9.17) is 0 Å². The predicted octanol–water partition coefficient (Wildman–Crippen LogP) is 2.26. The fourth-order valence-corrected chi connectivity index (χ4v) is 1.96. The summed E-state index contributed by atoms with van der Waals surface area (Å²) in [7, 11) is 3.55. The van der Waals surface area contributed by atoms with Gasteiger partial charge in [-0.15, -0.1) is 0 Å². The Kier molecular flexibility index (Phi) is 4.53. The topological polar surface area (TPSA) is 57.3 Å². The maximum atomic E-state index is 12.1. The standard InChI is InChI=1S/C15H20N4O/c1-4-9-16-13-10-14(15(20)18-19(2)3)17-12-8-6-5-7-11(12)13/h5-8,10H,4,9H2,1-3H3,(H,16,17)(H,18,20). The van der Waals surface area contributed by atoms with Gasteiger partial charge in [0, 0.05) is 31.7 Å². The van der Waals surface area contributed by atoms with Crippen LogP contribution in [0.3, 0.4) is 0 Å². The minimum absolute atomic E-state index is 0.208. The van der Waals surface area contributed by atoms with E-state index < -0.39 is 0 Å². The van der Waals surface area contributed by atoms with Crippen LogP contribution in [-0.2, 0) is 0 Å². The number of anilines is 1. The molecule has 0 atom stereocenters. The second-order valence-corrected chi connectivity index (χ2v) is 4.83. The Labute approximate surface area is 119 Å². The van der Waals surface area contributed by atoms with Gasteiger partial charge >= 0.3 is 0 Å². The molecule has 0 saturated heterocycles. The SMILES string of the molecule is CCCNc1cc(C(=O)NN(C)C)nc2ccccc12. The molecular weight excluding hydrogens is 252 g/mol. The van der Waals surface area contributed by atoms with Gasteiger partial charge in [-0.05, 0) is 18.6 Å². The van der Waals surface area contributed by atoms with E-state index in [1.54, 1.807) is 25.2 Å². The summed E-state index contributed by atoms with van der Waals surface area (Å²) >= 11 is 0. The minimum atomic E-state index is -0.208. The maximum absolute atomic E-state index is 12.1. The Morgan fingerprint density at radius 1 is 1.30 bits per heavy atom. The number of aromatic nitrogens is 1. The number of carbonyl (C=O) groups excluding carboxylic acids is 1. The third-order valence-electron chi connectivity index (χ3n) is 2.84. The van der Waals surface area contributed by atoms with Crippen molar-refractivity contribution in [1.29, 1.82) is 0 Å². The van der Waals surface area contributed by atoms with Crippen molar-refractivity contribution in [3.8, 4) is 0 Å². The second-order valence-electron chi connectivity index (χ2n) is 4.83. The molecule has 0 fully saturated rings. The van der Waals surface area contributed by atoms with Gasteiger partial charge in [0.1, 0.15) is 5.69 Å². The number of para-hydroxylation sites is 1. The van der Waals surface area contributed by atoms with Crippen LogP contribution in [0.5, 0.6) is 0 Å². The van der Waals surface area contributed by atoms with E-state index in [2.05, 4.69) is 22.7 Å². The second kappa shape index (κ2) is 6.34. The molecular formula is C15H20N4O. The number of benzene rings is 1. The number of pyridine rings is 1. The van der Waals surface area contributed by atoms with E-state index in [9.17, 15) is 4.79 Å². The molecule has 0 radical (unpaired) electrons. The molecule has 0 aliphatic rings. The number of carbonyl (C=O) groups is 1. The van der Waals surface area contributed by atoms with Crippen LogP contribution in [0.1, 0.15) is 23.8 Å².